The summed E-state index contributed by atoms with van der Waals surface area (Å²) in [6.07, 6.45) is -2.74. The Morgan fingerprint density at radius 3 is 2.62 bits per heavy atom. The fraction of sp³-hybridized carbons (Fsp3) is 0.375. The molecule has 0 atom stereocenters. The molecule has 0 saturated heterocycles. The molecule has 2 rings (SSSR count). The maximum atomic E-state index is 13.1. The number of alkyl halides is 3. The van der Waals surface area contributed by atoms with Gasteiger partial charge in [0.15, 0.2) is 0 Å². The SMILES string of the molecule is CCCCOc1nc(N(C)c2ccccc2[N+](=O)[O-])ncc1C(F)(F)F. The van der Waals surface area contributed by atoms with Crippen LogP contribution in [0.5, 0.6) is 5.88 Å². The Balaban J connectivity index is 2.43. The molecule has 0 aliphatic heterocycles. The number of nitrogens with zero attached hydrogens (tertiary/aromatic N) is 4. The second-order valence-corrected chi connectivity index (χ2v) is 5.39. The number of halogens is 3. The topological polar surface area (TPSA) is 81.4 Å². The van der Waals surface area contributed by atoms with Gasteiger partial charge in [0, 0.05) is 19.3 Å². The van der Waals surface area contributed by atoms with E-state index in [4.69, 9.17) is 4.74 Å². The lowest BCUT2D eigenvalue weighted by molar-refractivity contribution is -0.384. The number of ether oxygens (including phenoxy) is 1. The lowest BCUT2D eigenvalue weighted by Gasteiger charge is -2.19. The van der Waals surface area contributed by atoms with Gasteiger partial charge in [-0.05, 0) is 12.5 Å². The summed E-state index contributed by atoms with van der Waals surface area (Å²) in [6.45, 7) is 1.95. The van der Waals surface area contributed by atoms with E-state index in [1.165, 1.54) is 30.1 Å². The molecule has 1 aromatic heterocycles. The highest BCUT2D eigenvalue weighted by molar-refractivity contribution is 5.68. The summed E-state index contributed by atoms with van der Waals surface area (Å²) in [4.78, 5) is 19.3. The van der Waals surface area contributed by atoms with Crippen molar-refractivity contribution in [3.05, 3.63) is 46.1 Å². The number of unbranched alkanes of at least 4 members (excludes halogenated alkanes) is 1. The van der Waals surface area contributed by atoms with Gasteiger partial charge in [0.1, 0.15) is 11.3 Å². The van der Waals surface area contributed by atoms with Gasteiger partial charge in [0.25, 0.3) is 5.69 Å². The molecule has 1 aromatic carbocycles. The number of hydrogen-bond donors (Lipinski definition) is 0. The molecule has 0 saturated carbocycles. The number of benzene rings is 1. The minimum absolute atomic E-state index is 0.0746. The summed E-state index contributed by atoms with van der Waals surface area (Å²) < 4.78 is 44.5. The van der Waals surface area contributed by atoms with Gasteiger partial charge < -0.3 is 9.64 Å². The van der Waals surface area contributed by atoms with Gasteiger partial charge in [0.05, 0.1) is 11.5 Å². The van der Waals surface area contributed by atoms with Gasteiger partial charge in [-0.1, -0.05) is 25.5 Å². The normalized spacial score (nSPS) is 11.3. The second-order valence-electron chi connectivity index (χ2n) is 5.39. The monoisotopic (exact) mass is 370 g/mol. The number of aromatic nitrogens is 2. The van der Waals surface area contributed by atoms with E-state index in [0.29, 0.717) is 12.6 Å². The van der Waals surface area contributed by atoms with Gasteiger partial charge in [-0.2, -0.15) is 18.2 Å². The highest BCUT2D eigenvalue weighted by Crippen LogP contribution is 2.37. The zero-order valence-corrected chi connectivity index (χ0v) is 14.2. The van der Waals surface area contributed by atoms with E-state index in [0.717, 1.165) is 6.42 Å². The van der Waals surface area contributed by atoms with Gasteiger partial charge >= 0.3 is 6.18 Å². The average Bonchev–Trinajstić information content (AvgIpc) is 2.60. The van der Waals surface area contributed by atoms with Crippen LogP contribution in [0.1, 0.15) is 25.3 Å². The van der Waals surface area contributed by atoms with Gasteiger partial charge in [0.2, 0.25) is 11.8 Å². The van der Waals surface area contributed by atoms with Crippen molar-refractivity contribution in [1.82, 2.24) is 9.97 Å². The first-order chi connectivity index (χ1) is 12.3. The maximum Gasteiger partial charge on any atom is 0.423 e. The molecule has 0 aliphatic rings. The van der Waals surface area contributed by atoms with Crippen molar-refractivity contribution >= 4 is 17.3 Å². The van der Waals surface area contributed by atoms with Crippen molar-refractivity contribution < 1.29 is 22.8 Å². The molecule has 0 bridgehead atoms. The summed E-state index contributed by atoms with van der Waals surface area (Å²) in [5, 5.41) is 11.1. The van der Waals surface area contributed by atoms with E-state index >= 15 is 0 Å². The van der Waals surface area contributed by atoms with E-state index in [1.54, 1.807) is 6.07 Å². The molecule has 0 radical (unpaired) electrons. The van der Waals surface area contributed by atoms with E-state index in [9.17, 15) is 23.3 Å². The van der Waals surface area contributed by atoms with Crippen LogP contribution in [0.3, 0.4) is 0 Å². The summed E-state index contributed by atoms with van der Waals surface area (Å²) in [5.74, 6) is -0.736. The molecule has 0 fully saturated rings. The molecular weight excluding hydrogens is 353 g/mol. The first kappa shape index (κ1) is 19.4. The standard InChI is InChI=1S/C16H17F3N4O3/c1-3-4-9-26-14-11(16(17,18)19)10-20-15(21-14)22(2)12-7-5-6-8-13(12)23(24)25/h5-8,10H,3-4,9H2,1-2H3. The van der Waals surface area contributed by atoms with E-state index in [2.05, 4.69) is 9.97 Å². The van der Waals surface area contributed by atoms with E-state index in [1.807, 2.05) is 6.92 Å². The lowest BCUT2D eigenvalue weighted by Crippen LogP contribution is -2.18. The number of anilines is 2. The lowest BCUT2D eigenvalue weighted by atomic mass is 10.2. The van der Waals surface area contributed by atoms with Crippen LogP contribution < -0.4 is 9.64 Å². The van der Waals surface area contributed by atoms with Crippen molar-refractivity contribution in [2.24, 2.45) is 0 Å². The number of nitro benzene ring substituents is 1. The van der Waals surface area contributed by atoms with Crippen molar-refractivity contribution in [1.29, 1.82) is 0 Å². The Bertz CT molecular complexity index is 784. The molecule has 0 amide bonds. The Labute approximate surface area is 147 Å². The molecular formula is C16H17F3N4O3. The Hall–Kier alpha value is -2.91. The van der Waals surface area contributed by atoms with Crippen molar-refractivity contribution in [3.63, 3.8) is 0 Å². The number of hydrogen-bond acceptors (Lipinski definition) is 6. The third-order valence-corrected chi connectivity index (χ3v) is 3.52. The largest absolute Gasteiger partial charge is 0.477 e. The van der Waals surface area contributed by atoms with Crippen LogP contribution in [-0.4, -0.2) is 28.5 Å². The Kier molecular flexibility index (Phi) is 5.96. The second kappa shape index (κ2) is 7.98. The summed E-state index contributed by atoms with van der Waals surface area (Å²) >= 11 is 0. The van der Waals surface area contributed by atoms with Gasteiger partial charge in [-0.3, -0.25) is 10.1 Å². The summed E-state index contributed by atoms with van der Waals surface area (Å²) in [5.41, 5.74) is -1.16. The molecule has 140 valence electrons. The first-order valence-corrected chi connectivity index (χ1v) is 7.80. The van der Waals surface area contributed by atoms with E-state index in [-0.39, 0.29) is 23.9 Å². The zero-order chi connectivity index (χ0) is 19.3. The summed E-state index contributed by atoms with van der Waals surface area (Å²) in [6, 6.07) is 5.80. The van der Waals surface area contributed by atoms with Crippen molar-refractivity contribution in [2.45, 2.75) is 25.9 Å². The van der Waals surface area contributed by atoms with Crippen LogP contribution in [0.25, 0.3) is 0 Å². The molecule has 10 heteroatoms. The highest BCUT2D eigenvalue weighted by Gasteiger charge is 2.36. The molecule has 0 aliphatic carbocycles. The van der Waals surface area contributed by atoms with Crippen LogP contribution in [-0.2, 0) is 6.18 Å². The maximum absolute atomic E-state index is 13.1. The predicted molar refractivity (Wildman–Crippen MR) is 88.6 cm³/mol. The Morgan fingerprint density at radius 1 is 1.31 bits per heavy atom. The van der Waals surface area contributed by atoms with Gasteiger partial charge in [-0.15, -0.1) is 0 Å². The third-order valence-electron chi connectivity index (χ3n) is 3.52. The van der Waals surface area contributed by atoms with Gasteiger partial charge in [-0.25, -0.2) is 4.98 Å². The molecule has 0 unspecified atom stereocenters. The molecule has 1 heterocycles. The first-order valence-electron chi connectivity index (χ1n) is 7.80. The minimum Gasteiger partial charge on any atom is -0.477 e. The molecule has 0 spiro atoms. The van der Waals surface area contributed by atoms with E-state index < -0.39 is 22.5 Å². The molecule has 2 aromatic rings. The number of rotatable bonds is 7. The average molecular weight is 370 g/mol. The molecule has 26 heavy (non-hydrogen) atoms. The van der Waals surface area contributed by atoms with Crippen LogP contribution in [0.4, 0.5) is 30.5 Å². The Morgan fingerprint density at radius 2 is 2.00 bits per heavy atom. The smallest absolute Gasteiger partial charge is 0.423 e. The van der Waals surface area contributed by atoms with Crippen LogP contribution in [0, 0.1) is 10.1 Å². The number of nitro groups is 1. The van der Waals surface area contributed by atoms with Crippen LogP contribution >= 0.6 is 0 Å². The summed E-state index contributed by atoms with van der Waals surface area (Å²) in [7, 11) is 1.43. The van der Waals surface area contributed by atoms with Crippen LogP contribution in [0.2, 0.25) is 0 Å². The highest BCUT2D eigenvalue weighted by atomic mass is 19.4. The number of para-hydroxylation sites is 2. The van der Waals surface area contributed by atoms with Crippen molar-refractivity contribution in [2.75, 3.05) is 18.6 Å². The minimum atomic E-state index is -4.67. The van der Waals surface area contributed by atoms with Crippen molar-refractivity contribution in [3.8, 4) is 5.88 Å². The third kappa shape index (κ3) is 4.38. The predicted octanol–water partition coefficient (Wildman–Crippen LogP) is 4.35. The fourth-order valence-electron chi connectivity index (χ4n) is 2.15. The fourth-order valence-corrected chi connectivity index (χ4v) is 2.15. The molecule has 0 N–H and O–H groups in total. The molecule has 7 nitrogen and oxygen atoms in total. The zero-order valence-electron chi connectivity index (χ0n) is 14.2. The quantitative estimate of drug-likeness (QED) is 0.409. The van der Waals surface area contributed by atoms with Crippen LogP contribution in [0.15, 0.2) is 30.5 Å².